The highest BCUT2D eigenvalue weighted by atomic mass is 32.1. The summed E-state index contributed by atoms with van der Waals surface area (Å²) in [5, 5.41) is 5.61. The second-order valence-electron chi connectivity index (χ2n) is 6.64. The molecule has 0 aromatic carbocycles. The maximum Gasteiger partial charge on any atom is 0.433 e. The number of aromatic nitrogens is 3. The lowest BCUT2D eigenvalue weighted by Gasteiger charge is -2.33. The minimum atomic E-state index is -4.61. The number of carbonyl (C=O) groups excluding carboxylic acids is 1. The van der Waals surface area contributed by atoms with Gasteiger partial charge < -0.3 is 4.90 Å². The van der Waals surface area contributed by atoms with Gasteiger partial charge in [0.1, 0.15) is 5.56 Å². The minimum Gasteiger partial charge on any atom is -0.336 e. The molecule has 5 nitrogen and oxygen atoms in total. The summed E-state index contributed by atoms with van der Waals surface area (Å²) < 4.78 is 41.5. The van der Waals surface area contributed by atoms with Gasteiger partial charge in [-0.1, -0.05) is 6.07 Å². The van der Waals surface area contributed by atoms with Gasteiger partial charge in [-0.3, -0.25) is 4.79 Å². The normalized spacial score (nSPS) is 18.2. The molecule has 0 radical (unpaired) electrons. The van der Waals surface area contributed by atoms with Crippen molar-refractivity contribution < 1.29 is 18.0 Å². The van der Waals surface area contributed by atoms with Gasteiger partial charge in [-0.05, 0) is 43.7 Å². The fourth-order valence-electron chi connectivity index (χ4n) is 3.42. The number of fused-ring (bicyclic) bond motifs is 1. The molecular formula is C18H17F3N4OS. The molecule has 27 heavy (non-hydrogen) atoms. The average molecular weight is 394 g/mol. The van der Waals surface area contributed by atoms with Gasteiger partial charge in [-0.25, -0.2) is 9.50 Å². The maximum absolute atomic E-state index is 13.6. The zero-order valence-corrected chi connectivity index (χ0v) is 15.3. The van der Waals surface area contributed by atoms with Gasteiger partial charge >= 0.3 is 6.18 Å². The number of hydrogen-bond donors (Lipinski definition) is 0. The van der Waals surface area contributed by atoms with Crippen LogP contribution in [0.25, 0.3) is 16.2 Å². The molecule has 0 unspecified atom stereocenters. The molecule has 3 aromatic heterocycles. The van der Waals surface area contributed by atoms with Crippen LogP contribution in [-0.4, -0.2) is 38.0 Å². The van der Waals surface area contributed by atoms with E-state index in [0.29, 0.717) is 11.4 Å². The Morgan fingerprint density at radius 1 is 1.33 bits per heavy atom. The predicted molar refractivity (Wildman–Crippen MR) is 95.7 cm³/mol. The molecule has 1 aliphatic heterocycles. The quantitative estimate of drug-likeness (QED) is 0.643. The lowest BCUT2D eigenvalue weighted by molar-refractivity contribution is -0.142. The van der Waals surface area contributed by atoms with E-state index in [1.807, 2.05) is 6.92 Å². The van der Waals surface area contributed by atoms with Gasteiger partial charge in [-0.15, -0.1) is 11.3 Å². The first-order chi connectivity index (χ1) is 12.9. The summed E-state index contributed by atoms with van der Waals surface area (Å²) in [6, 6.07) is 4.47. The Labute approximate surface area is 157 Å². The standard InChI is InChI=1S/C18H17F3N4OS/c1-11-5-2-3-7-24(11)17(26)12-10-22-25-15(18(19,20)21)9-13(23-16(12)25)14-6-4-8-27-14/h4,6,8-11H,2-3,5,7H2,1H3/t11-/m1/s1. The van der Waals surface area contributed by atoms with E-state index in [1.54, 1.807) is 22.4 Å². The third-order valence-electron chi connectivity index (χ3n) is 4.83. The highest BCUT2D eigenvalue weighted by Crippen LogP contribution is 2.34. The van der Waals surface area contributed by atoms with E-state index in [0.717, 1.165) is 29.8 Å². The highest BCUT2D eigenvalue weighted by molar-refractivity contribution is 7.13. The number of carbonyl (C=O) groups is 1. The van der Waals surface area contributed by atoms with Gasteiger partial charge in [0, 0.05) is 12.6 Å². The predicted octanol–water partition coefficient (Wildman–Crippen LogP) is 4.49. The second kappa shape index (κ2) is 6.63. The van der Waals surface area contributed by atoms with E-state index in [9.17, 15) is 18.0 Å². The summed E-state index contributed by atoms with van der Waals surface area (Å²) in [5.74, 6) is -0.318. The van der Waals surface area contributed by atoms with Crippen LogP contribution in [0.1, 0.15) is 42.2 Å². The van der Waals surface area contributed by atoms with Crippen molar-refractivity contribution >= 4 is 22.9 Å². The lowest BCUT2D eigenvalue weighted by atomic mass is 10.0. The molecule has 1 saturated heterocycles. The van der Waals surface area contributed by atoms with Gasteiger partial charge in [0.2, 0.25) is 0 Å². The molecule has 1 atom stereocenters. The molecule has 0 bridgehead atoms. The van der Waals surface area contributed by atoms with Gasteiger partial charge in [0.25, 0.3) is 5.91 Å². The molecule has 9 heteroatoms. The number of piperidine rings is 1. The molecule has 1 amide bonds. The first kappa shape index (κ1) is 18.0. The van der Waals surface area contributed by atoms with Gasteiger partial charge in [0.05, 0.1) is 16.8 Å². The van der Waals surface area contributed by atoms with Crippen molar-refractivity contribution in [3.05, 3.63) is 41.0 Å². The van der Waals surface area contributed by atoms with Crippen LogP contribution in [0.4, 0.5) is 13.2 Å². The third-order valence-corrected chi connectivity index (χ3v) is 5.72. The van der Waals surface area contributed by atoms with Crippen LogP contribution in [0.5, 0.6) is 0 Å². The van der Waals surface area contributed by atoms with E-state index in [2.05, 4.69) is 10.1 Å². The molecule has 1 fully saturated rings. The number of alkyl halides is 3. The van der Waals surface area contributed by atoms with Crippen LogP contribution in [0, 0.1) is 0 Å². The molecular weight excluding hydrogens is 377 g/mol. The molecule has 0 saturated carbocycles. The van der Waals surface area contributed by atoms with E-state index < -0.39 is 11.9 Å². The van der Waals surface area contributed by atoms with E-state index in [4.69, 9.17) is 0 Å². The Balaban J connectivity index is 1.88. The summed E-state index contributed by atoms with van der Waals surface area (Å²) in [7, 11) is 0. The van der Waals surface area contributed by atoms with Crippen LogP contribution in [0.2, 0.25) is 0 Å². The van der Waals surface area contributed by atoms with E-state index in [1.165, 1.54) is 17.5 Å². The first-order valence-electron chi connectivity index (χ1n) is 8.67. The topological polar surface area (TPSA) is 50.5 Å². The van der Waals surface area contributed by atoms with Gasteiger partial charge in [0.15, 0.2) is 11.3 Å². The summed E-state index contributed by atoms with van der Waals surface area (Å²) in [6.07, 6.45) is -0.611. The Morgan fingerprint density at radius 3 is 2.81 bits per heavy atom. The second-order valence-corrected chi connectivity index (χ2v) is 7.59. The summed E-state index contributed by atoms with van der Waals surface area (Å²) in [4.78, 5) is 19.7. The first-order valence-corrected chi connectivity index (χ1v) is 9.55. The Morgan fingerprint density at radius 2 is 2.15 bits per heavy atom. The molecule has 0 aliphatic carbocycles. The Kier molecular flexibility index (Phi) is 4.41. The highest BCUT2D eigenvalue weighted by Gasteiger charge is 2.37. The number of hydrogen-bond acceptors (Lipinski definition) is 4. The number of amides is 1. The number of thiophene rings is 1. The summed E-state index contributed by atoms with van der Waals surface area (Å²) in [6.45, 7) is 2.54. The van der Waals surface area contributed by atoms with Crippen LogP contribution in [0.3, 0.4) is 0 Å². The molecule has 4 heterocycles. The van der Waals surface area contributed by atoms with Crippen LogP contribution in [0.15, 0.2) is 29.8 Å². The fraction of sp³-hybridized carbons (Fsp3) is 0.389. The molecule has 4 rings (SSSR count). The van der Waals surface area contributed by atoms with Crippen molar-refractivity contribution in [3.63, 3.8) is 0 Å². The van der Waals surface area contributed by atoms with Crippen LogP contribution in [-0.2, 0) is 6.18 Å². The monoisotopic (exact) mass is 394 g/mol. The summed E-state index contributed by atoms with van der Waals surface area (Å²) >= 11 is 1.29. The van der Waals surface area contributed by atoms with E-state index >= 15 is 0 Å². The van der Waals surface area contributed by atoms with Crippen molar-refractivity contribution in [1.29, 1.82) is 0 Å². The average Bonchev–Trinajstić information content (AvgIpc) is 3.29. The lowest BCUT2D eigenvalue weighted by Crippen LogP contribution is -2.42. The van der Waals surface area contributed by atoms with Crippen molar-refractivity contribution in [2.75, 3.05) is 6.54 Å². The molecule has 0 N–H and O–H groups in total. The van der Waals surface area contributed by atoms with Crippen molar-refractivity contribution in [2.24, 2.45) is 0 Å². The number of likely N-dealkylation sites (tertiary alicyclic amines) is 1. The van der Waals surface area contributed by atoms with Gasteiger partial charge in [-0.2, -0.15) is 18.3 Å². The zero-order chi connectivity index (χ0) is 19.2. The minimum absolute atomic E-state index is 0.0452. The van der Waals surface area contributed by atoms with Crippen molar-refractivity contribution in [3.8, 4) is 10.6 Å². The number of rotatable bonds is 2. The van der Waals surface area contributed by atoms with Crippen LogP contribution >= 0.6 is 11.3 Å². The maximum atomic E-state index is 13.6. The molecule has 3 aromatic rings. The van der Waals surface area contributed by atoms with E-state index in [-0.39, 0.29) is 28.9 Å². The molecule has 142 valence electrons. The smallest absolute Gasteiger partial charge is 0.336 e. The molecule has 1 aliphatic rings. The van der Waals surface area contributed by atoms with Crippen LogP contribution < -0.4 is 0 Å². The zero-order valence-electron chi connectivity index (χ0n) is 14.5. The molecule has 0 spiro atoms. The number of halogens is 3. The Hall–Kier alpha value is -2.42. The van der Waals surface area contributed by atoms with Crippen molar-refractivity contribution in [2.45, 2.75) is 38.4 Å². The summed E-state index contributed by atoms with van der Waals surface area (Å²) in [5.41, 5.74) is -0.712. The largest absolute Gasteiger partial charge is 0.433 e. The van der Waals surface area contributed by atoms with Crippen molar-refractivity contribution in [1.82, 2.24) is 19.5 Å². The Bertz CT molecular complexity index is 981. The third kappa shape index (κ3) is 3.20. The SMILES string of the molecule is C[C@@H]1CCCCN1C(=O)c1cnn2c(C(F)(F)F)cc(-c3cccs3)nc12. The fourth-order valence-corrected chi connectivity index (χ4v) is 4.11. The number of nitrogens with zero attached hydrogens (tertiary/aromatic N) is 4.